The Morgan fingerprint density at radius 3 is 2.24 bits per heavy atom. The first-order chi connectivity index (χ1) is 20.1. The van der Waals surface area contributed by atoms with Crippen LogP contribution in [0.5, 0.6) is 0 Å². The Morgan fingerprint density at radius 1 is 0.905 bits per heavy atom. The molecule has 12 nitrogen and oxygen atoms in total. The van der Waals surface area contributed by atoms with Crippen molar-refractivity contribution in [3.8, 4) is 0 Å². The van der Waals surface area contributed by atoms with Crippen molar-refractivity contribution in [2.24, 2.45) is 11.3 Å². The Bertz CT molecular complexity index is 1200. The molecule has 0 aromatic carbocycles. The van der Waals surface area contributed by atoms with Crippen LogP contribution in [0.15, 0.2) is 12.1 Å². The number of nitrogens with one attached hydrogen (secondary N) is 3. The number of anilines is 4. The fourth-order valence-corrected chi connectivity index (χ4v) is 7.18. The Balaban J connectivity index is 1.18. The molecular formula is C29H46N10O2S. The third-order valence-electron chi connectivity index (χ3n) is 9.02. The van der Waals surface area contributed by atoms with Crippen LogP contribution in [0.4, 0.5) is 21.9 Å². The summed E-state index contributed by atoms with van der Waals surface area (Å²) in [6.07, 6.45) is 5.39. The normalized spacial score (nSPS) is 22.7. The summed E-state index contributed by atoms with van der Waals surface area (Å²) in [7, 11) is 0. The van der Waals surface area contributed by atoms with Gasteiger partial charge in [-0.1, -0.05) is 25.2 Å². The Hall–Kier alpha value is -2.90. The number of hydrogen-bond acceptors (Lipinski definition) is 11. The average molecular weight is 599 g/mol. The molecule has 2 unspecified atom stereocenters. The number of hydrogen-bond donors (Lipinski definition) is 3. The van der Waals surface area contributed by atoms with Gasteiger partial charge >= 0.3 is 0 Å². The molecule has 2 aromatic rings. The third-order valence-corrected chi connectivity index (χ3v) is 9.79. The van der Waals surface area contributed by atoms with Crippen molar-refractivity contribution < 1.29 is 9.59 Å². The van der Waals surface area contributed by atoms with Gasteiger partial charge in [0.15, 0.2) is 11.6 Å². The molecule has 2 saturated heterocycles. The maximum Gasteiger partial charge on any atom is 0.243 e. The zero-order chi connectivity index (χ0) is 29.9. The highest BCUT2D eigenvalue weighted by Gasteiger charge is 2.39. The summed E-state index contributed by atoms with van der Waals surface area (Å²) in [4.78, 5) is 32.1. The summed E-state index contributed by atoms with van der Waals surface area (Å²) in [6.45, 7) is 16.0. The predicted molar refractivity (Wildman–Crippen MR) is 167 cm³/mol. The Labute approximate surface area is 253 Å². The second-order valence-electron chi connectivity index (χ2n) is 13.0. The third kappa shape index (κ3) is 7.73. The minimum atomic E-state index is -0.173. The van der Waals surface area contributed by atoms with E-state index in [1.54, 1.807) is 6.07 Å². The second kappa shape index (κ2) is 13.2. The van der Waals surface area contributed by atoms with Crippen molar-refractivity contribution in [2.75, 3.05) is 60.1 Å². The lowest BCUT2D eigenvalue weighted by Crippen LogP contribution is -2.57. The average Bonchev–Trinajstić information content (AvgIpc) is 3.60. The maximum absolute atomic E-state index is 13.8. The highest BCUT2D eigenvalue weighted by molar-refractivity contribution is 7.19. The molecule has 2 amide bonds. The van der Waals surface area contributed by atoms with Crippen LogP contribution < -0.4 is 20.9 Å². The van der Waals surface area contributed by atoms with Gasteiger partial charge in [-0.05, 0) is 69.4 Å². The Morgan fingerprint density at radius 2 is 1.60 bits per heavy atom. The number of nitrogens with zero attached hydrogens (tertiary/aromatic N) is 7. The summed E-state index contributed by atoms with van der Waals surface area (Å²) in [5.74, 6) is 1.44. The zero-order valence-electron chi connectivity index (χ0n) is 25.6. The Kier molecular flexibility index (Phi) is 9.58. The number of rotatable bonds is 9. The smallest absolute Gasteiger partial charge is 0.243 e. The van der Waals surface area contributed by atoms with E-state index in [1.165, 1.54) is 18.3 Å². The molecule has 13 heteroatoms. The quantitative estimate of drug-likeness (QED) is 0.394. The van der Waals surface area contributed by atoms with E-state index in [2.05, 4.69) is 78.7 Å². The summed E-state index contributed by atoms with van der Waals surface area (Å²) in [5.41, 5.74) is 0.353. The molecule has 0 radical (unpaired) electrons. The van der Waals surface area contributed by atoms with E-state index in [0.717, 1.165) is 77.2 Å². The summed E-state index contributed by atoms with van der Waals surface area (Å²) in [6, 6.07) is 4.19. The largest absolute Gasteiger partial charge is 0.355 e. The molecule has 3 N–H and O–H groups in total. The van der Waals surface area contributed by atoms with Crippen LogP contribution in [0.25, 0.3) is 0 Å². The molecule has 0 bridgehead atoms. The standard InChI is InChI=1S/C29H46N10O2S/c1-19(2)37-14-16-38(17-15-37)25(21-8-11-29(4,5)12-9-21)26(41)32-28-36-35-27(42-28)31-22-10-13-39(18-22)24-7-6-23(33-34-24)30-20(3)40/h6-7,19,21-22,25H,8-18H2,1-5H3,(H,31,35)(H,30,33,40)(H,32,36,41). The van der Waals surface area contributed by atoms with E-state index in [0.29, 0.717) is 33.5 Å². The van der Waals surface area contributed by atoms with Gasteiger partial charge in [-0.25, -0.2) is 0 Å². The maximum atomic E-state index is 13.8. The summed E-state index contributed by atoms with van der Waals surface area (Å²) in [5, 5.41) is 27.5. The monoisotopic (exact) mass is 598 g/mol. The molecule has 3 aliphatic rings. The lowest BCUT2D eigenvalue weighted by atomic mass is 9.70. The van der Waals surface area contributed by atoms with Gasteiger partial charge < -0.3 is 15.5 Å². The second-order valence-corrected chi connectivity index (χ2v) is 14.0. The van der Waals surface area contributed by atoms with E-state index < -0.39 is 0 Å². The number of amides is 2. The molecule has 2 aromatic heterocycles. The van der Waals surface area contributed by atoms with Gasteiger partial charge in [0.1, 0.15) is 0 Å². The summed E-state index contributed by atoms with van der Waals surface area (Å²) >= 11 is 1.39. The van der Waals surface area contributed by atoms with Gasteiger partial charge in [0, 0.05) is 58.3 Å². The highest BCUT2D eigenvalue weighted by Crippen LogP contribution is 2.40. The number of carbonyl (C=O) groups is 2. The van der Waals surface area contributed by atoms with Crippen LogP contribution in [-0.2, 0) is 9.59 Å². The first-order valence-corrected chi connectivity index (χ1v) is 16.1. The first-order valence-electron chi connectivity index (χ1n) is 15.3. The summed E-state index contributed by atoms with van der Waals surface area (Å²) < 4.78 is 0. The molecule has 2 atom stereocenters. The van der Waals surface area contributed by atoms with Crippen LogP contribution in [0.3, 0.4) is 0 Å². The molecular weight excluding hydrogens is 552 g/mol. The van der Waals surface area contributed by atoms with Crippen LogP contribution in [0, 0.1) is 11.3 Å². The van der Waals surface area contributed by atoms with Gasteiger partial charge in [0.05, 0.1) is 6.04 Å². The molecule has 230 valence electrons. The first kappa shape index (κ1) is 30.6. The van der Waals surface area contributed by atoms with E-state index in [1.807, 2.05) is 6.07 Å². The van der Waals surface area contributed by atoms with Crippen LogP contribution in [0.2, 0.25) is 0 Å². The van der Waals surface area contributed by atoms with Gasteiger partial charge in [-0.3, -0.25) is 24.7 Å². The van der Waals surface area contributed by atoms with Crippen molar-refractivity contribution in [3.05, 3.63) is 12.1 Å². The van der Waals surface area contributed by atoms with E-state index in [-0.39, 0.29) is 23.9 Å². The highest BCUT2D eigenvalue weighted by atomic mass is 32.1. The minimum absolute atomic E-state index is 0.0497. The molecule has 42 heavy (non-hydrogen) atoms. The molecule has 2 aliphatic heterocycles. The number of carbonyl (C=O) groups excluding carboxylic acids is 2. The molecule has 4 heterocycles. The fourth-order valence-electron chi connectivity index (χ4n) is 6.46. The van der Waals surface area contributed by atoms with Crippen molar-refractivity contribution in [3.63, 3.8) is 0 Å². The van der Waals surface area contributed by atoms with E-state index in [9.17, 15) is 9.59 Å². The number of aromatic nitrogens is 4. The SMILES string of the molecule is CC(=O)Nc1ccc(N2CCC(Nc3nnc(NC(=O)C(C4CCC(C)(C)CC4)N4CCN(C(C)C)CC4)s3)C2)nn1. The van der Waals surface area contributed by atoms with Crippen molar-refractivity contribution in [2.45, 2.75) is 84.8 Å². The van der Waals surface area contributed by atoms with E-state index in [4.69, 9.17) is 0 Å². The topological polar surface area (TPSA) is 132 Å². The predicted octanol–water partition coefficient (Wildman–Crippen LogP) is 3.53. The van der Waals surface area contributed by atoms with Crippen molar-refractivity contribution in [1.29, 1.82) is 0 Å². The van der Waals surface area contributed by atoms with Crippen LogP contribution in [-0.4, -0.2) is 99.4 Å². The molecule has 1 aliphatic carbocycles. The zero-order valence-corrected chi connectivity index (χ0v) is 26.4. The lowest BCUT2D eigenvalue weighted by molar-refractivity contribution is -0.125. The van der Waals surface area contributed by atoms with Crippen LogP contribution in [0.1, 0.15) is 66.7 Å². The molecule has 5 rings (SSSR count). The fraction of sp³-hybridized carbons (Fsp3) is 0.724. The number of piperazine rings is 1. The van der Waals surface area contributed by atoms with E-state index >= 15 is 0 Å². The van der Waals surface area contributed by atoms with Crippen LogP contribution >= 0.6 is 11.3 Å². The minimum Gasteiger partial charge on any atom is -0.355 e. The van der Waals surface area contributed by atoms with Gasteiger partial charge in [0.2, 0.25) is 22.1 Å². The van der Waals surface area contributed by atoms with Crippen molar-refractivity contribution in [1.82, 2.24) is 30.2 Å². The molecule has 0 spiro atoms. The van der Waals surface area contributed by atoms with Gasteiger partial charge in [0.25, 0.3) is 0 Å². The van der Waals surface area contributed by atoms with Gasteiger partial charge in [-0.15, -0.1) is 20.4 Å². The van der Waals surface area contributed by atoms with Crippen molar-refractivity contribution >= 4 is 45.0 Å². The molecule has 3 fully saturated rings. The molecule has 1 saturated carbocycles. The lowest BCUT2D eigenvalue weighted by Gasteiger charge is -2.45. The van der Waals surface area contributed by atoms with Gasteiger partial charge in [-0.2, -0.15) is 0 Å².